The average molecular weight is 281 g/mol. The summed E-state index contributed by atoms with van der Waals surface area (Å²) in [6.45, 7) is 2.14. The van der Waals surface area contributed by atoms with E-state index in [-0.39, 0.29) is 5.82 Å². The number of hydrogen-bond acceptors (Lipinski definition) is 3. The molecule has 0 amide bonds. The van der Waals surface area contributed by atoms with Crippen molar-refractivity contribution in [2.75, 3.05) is 12.8 Å². The molecule has 0 bridgehead atoms. The first-order valence-corrected chi connectivity index (χ1v) is 7.67. The fourth-order valence-electron chi connectivity index (χ4n) is 1.82. The number of benzene rings is 1. The van der Waals surface area contributed by atoms with Crippen molar-refractivity contribution in [3.8, 4) is 0 Å². The van der Waals surface area contributed by atoms with Crippen LogP contribution in [0.3, 0.4) is 0 Å². The van der Waals surface area contributed by atoms with Gasteiger partial charge in [0.1, 0.15) is 5.82 Å². The van der Waals surface area contributed by atoms with Gasteiger partial charge >= 0.3 is 0 Å². The molecule has 0 aliphatic heterocycles. The Balaban J connectivity index is 2.02. The van der Waals surface area contributed by atoms with Gasteiger partial charge in [-0.3, -0.25) is 0 Å². The van der Waals surface area contributed by atoms with Crippen LogP contribution in [0.15, 0.2) is 40.6 Å². The lowest BCUT2D eigenvalue weighted by molar-refractivity contribution is 0.624. The molecule has 96 valence electrons. The fourth-order valence-corrected chi connectivity index (χ4v) is 3.66. The molecular formula is C14H16FNS2. The van der Waals surface area contributed by atoms with Crippen LogP contribution in [0.1, 0.15) is 16.5 Å². The first-order chi connectivity index (χ1) is 8.70. The average Bonchev–Trinajstić information content (AvgIpc) is 2.77. The number of thiophene rings is 1. The highest BCUT2D eigenvalue weighted by molar-refractivity contribution is 7.99. The van der Waals surface area contributed by atoms with E-state index in [2.05, 4.69) is 23.7 Å². The van der Waals surface area contributed by atoms with Crippen molar-refractivity contribution in [2.45, 2.75) is 17.9 Å². The number of aryl methyl sites for hydroxylation is 1. The number of nitrogens with one attached hydrogen (secondary N) is 1. The van der Waals surface area contributed by atoms with Gasteiger partial charge in [-0.1, -0.05) is 6.07 Å². The first kappa shape index (κ1) is 13.6. The van der Waals surface area contributed by atoms with Gasteiger partial charge < -0.3 is 5.32 Å². The van der Waals surface area contributed by atoms with E-state index < -0.39 is 0 Å². The maximum atomic E-state index is 13.1. The Hall–Kier alpha value is -0.840. The zero-order chi connectivity index (χ0) is 13.0. The molecule has 0 spiro atoms. The number of hydrogen-bond donors (Lipinski definition) is 1. The molecule has 1 N–H and O–H groups in total. The molecule has 0 saturated carbocycles. The van der Waals surface area contributed by atoms with Crippen molar-refractivity contribution in [1.82, 2.24) is 5.32 Å². The van der Waals surface area contributed by atoms with E-state index in [9.17, 15) is 4.39 Å². The Morgan fingerprint density at radius 1 is 1.39 bits per heavy atom. The zero-order valence-corrected chi connectivity index (χ0v) is 12.1. The van der Waals surface area contributed by atoms with Crippen LogP contribution in [0.5, 0.6) is 0 Å². The maximum absolute atomic E-state index is 13.1. The lowest BCUT2D eigenvalue weighted by Crippen LogP contribution is -2.18. The minimum absolute atomic E-state index is 0.173. The van der Waals surface area contributed by atoms with Crippen LogP contribution in [-0.4, -0.2) is 12.8 Å². The highest BCUT2D eigenvalue weighted by Gasteiger charge is 2.13. The summed E-state index contributed by atoms with van der Waals surface area (Å²) in [7, 11) is 1.97. The summed E-state index contributed by atoms with van der Waals surface area (Å²) in [5.74, 6) is 0.727. The van der Waals surface area contributed by atoms with Crippen LogP contribution in [0.25, 0.3) is 0 Å². The van der Waals surface area contributed by atoms with Crippen molar-refractivity contribution in [1.29, 1.82) is 0 Å². The smallest absolute Gasteiger partial charge is 0.124 e. The van der Waals surface area contributed by atoms with Crippen molar-refractivity contribution in [3.05, 3.63) is 52.0 Å². The van der Waals surface area contributed by atoms with E-state index in [0.717, 1.165) is 10.6 Å². The predicted octanol–water partition coefficient (Wildman–Crippen LogP) is 4.25. The summed E-state index contributed by atoms with van der Waals surface area (Å²) in [6, 6.07) is 9.22. The Bertz CT molecular complexity index is 510. The third kappa shape index (κ3) is 3.34. The lowest BCUT2D eigenvalue weighted by atomic mass is 10.1. The Morgan fingerprint density at radius 2 is 2.22 bits per heavy atom. The molecule has 1 aromatic heterocycles. The van der Waals surface area contributed by atoms with E-state index in [1.54, 1.807) is 35.2 Å². The number of halogens is 1. The standard InChI is InChI=1S/C14H16FNS2/c1-10-13(6-7-17-10)14(16-2)9-18-12-5-3-4-11(15)8-12/h3-8,14,16H,9H2,1-2H3. The molecule has 18 heavy (non-hydrogen) atoms. The molecule has 2 aromatic rings. The van der Waals surface area contributed by atoms with Gasteiger partial charge in [0.15, 0.2) is 0 Å². The van der Waals surface area contributed by atoms with Gasteiger partial charge in [-0.05, 0) is 49.2 Å². The van der Waals surface area contributed by atoms with Crippen molar-refractivity contribution in [2.24, 2.45) is 0 Å². The molecule has 0 aliphatic carbocycles. The molecule has 0 fully saturated rings. The molecular weight excluding hydrogens is 265 g/mol. The minimum atomic E-state index is -0.173. The van der Waals surface area contributed by atoms with Crippen LogP contribution in [0, 0.1) is 12.7 Å². The molecule has 1 heterocycles. The zero-order valence-electron chi connectivity index (χ0n) is 10.4. The van der Waals surface area contributed by atoms with Gasteiger partial charge in [0.25, 0.3) is 0 Å². The van der Waals surface area contributed by atoms with Crippen LogP contribution in [-0.2, 0) is 0 Å². The third-order valence-electron chi connectivity index (χ3n) is 2.84. The molecule has 1 atom stereocenters. The van der Waals surface area contributed by atoms with Gasteiger partial charge in [-0.15, -0.1) is 23.1 Å². The summed E-state index contributed by atoms with van der Waals surface area (Å²) < 4.78 is 13.1. The first-order valence-electron chi connectivity index (χ1n) is 5.80. The lowest BCUT2D eigenvalue weighted by Gasteiger charge is -2.15. The maximum Gasteiger partial charge on any atom is 0.124 e. The summed E-state index contributed by atoms with van der Waals surface area (Å²) in [6.07, 6.45) is 0. The van der Waals surface area contributed by atoms with E-state index in [1.807, 2.05) is 13.1 Å². The highest BCUT2D eigenvalue weighted by atomic mass is 32.2. The van der Waals surface area contributed by atoms with Crippen molar-refractivity contribution in [3.63, 3.8) is 0 Å². The number of rotatable bonds is 5. The molecule has 0 radical (unpaired) electrons. The largest absolute Gasteiger partial charge is 0.312 e. The summed E-state index contributed by atoms with van der Waals surface area (Å²) >= 11 is 3.44. The van der Waals surface area contributed by atoms with Crippen LogP contribution in [0.2, 0.25) is 0 Å². The summed E-state index contributed by atoms with van der Waals surface area (Å²) in [4.78, 5) is 2.32. The molecule has 1 nitrogen and oxygen atoms in total. The molecule has 2 rings (SSSR count). The quantitative estimate of drug-likeness (QED) is 0.822. The summed E-state index contributed by atoms with van der Waals surface area (Å²) in [5.41, 5.74) is 1.34. The second-order valence-corrected chi connectivity index (χ2v) is 6.26. The second-order valence-electron chi connectivity index (χ2n) is 4.04. The van der Waals surface area contributed by atoms with E-state index in [4.69, 9.17) is 0 Å². The van der Waals surface area contributed by atoms with Gasteiger partial charge in [0, 0.05) is 21.6 Å². The Morgan fingerprint density at radius 3 is 2.83 bits per heavy atom. The van der Waals surface area contributed by atoms with E-state index >= 15 is 0 Å². The van der Waals surface area contributed by atoms with Crippen LogP contribution >= 0.6 is 23.1 Å². The predicted molar refractivity (Wildman–Crippen MR) is 78.0 cm³/mol. The third-order valence-corrected chi connectivity index (χ3v) is 4.78. The van der Waals surface area contributed by atoms with Gasteiger partial charge in [-0.2, -0.15) is 0 Å². The monoisotopic (exact) mass is 281 g/mol. The fraction of sp³-hybridized carbons (Fsp3) is 0.286. The van der Waals surface area contributed by atoms with Crippen molar-refractivity contribution < 1.29 is 4.39 Å². The van der Waals surface area contributed by atoms with E-state index in [1.165, 1.54) is 16.5 Å². The SMILES string of the molecule is CNC(CSc1cccc(F)c1)c1ccsc1C. The van der Waals surface area contributed by atoms with Crippen LogP contribution in [0.4, 0.5) is 4.39 Å². The van der Waals surface area contributed by atoms with Gasteiger partial charge in [0.05, 0.1) is 0 Å². The molecule has 1 unspecified atom stereocenters. The van der Waals surface area contributed by atoms with Gasteiger partial charge in [0.2, 0.25) is 0 Å². The summed E-state index contributed by atoms with van der Waals surface area (Å²) in [5, 5.41) is 5.44. The minimum Gasteiger partial charge on any atom is -0.312 e. The molecule has 0 aliphatic rings. The normalized spacial score (nSPS) is 12.6. The second kappa shape index (κ2) is 6.36. The Kier molecular flexibility index (Phi) is 4.80. The molecule has 0 saturated heterocycles. The van der Waals surface area contributed by atoms with Crippen LogP contribution < -0.4 is 5.32 Å². The molecule has 4 heteroatoms. The van der Waals surface area contributed by atoms with E-state index in [0.29, 0.717) is 6.04 Å². The Labute approximate surface area is 115 Å². The highest BCUT2D eigenvalue weighted by Crippen LogP contribution is 2.28. The number of thioether (sulfide) groups is 1. The molecule has 1 aromatic carbocycles. The van der Waals surface area contributed by atoms with Crippen molar-refractivity contribution >= 4 is 23.1 Å². The topological polar surface area (TPSA) is 12.0 Å². The van der Waals surface area contributed by atoms with Gasteiger partial charge in [-0.25, -0.2) is 4.39 Å².